The van der Waals surface area contributed by atoms with Crippen LogP contribution in [0.3, 0.4) is 0 Å². The van der Waals surface area contributed by atoms with Crippen molar-refractivity contribution in [2.75, 3.05) is 11.9 Å². The number of benzene rings is 1. The van der Waals surface area contributed by atoms with Crippen LogP contribution in [0.25, 0.3) is 0 Å². The molecule has 0 saturated heterocycles. The topological polar surface area (TPSA) is 58.2 Å². The fraction of sp³-hybridized carbons (Fsp3) is 0.385. The highest BCUT2D eigenvalue weighted by Gasteiger charge is 2.21. The molecule has 6 heteroatoms. The molecule has 4 nitrogen and oxygen atoms in total. The van der Waals surface area contributed by atoms with E-state index in [0.717, 1.165) is 12.1 Å². The van der Waals surface area contributed by atoms with Gasteiger partial charge in [-0.05, 0) is 12.1 Å². The van der Waals surface area contributed by atoms with Crippen LogP contribution in [0, 0.1) is 17.0 Å². The molecular weight excluding hydrogens is 254 g/mol. The van der Waals surface area contributed by atoms with Gasteiger partial charge >= 0.3 is 6.03 Å². The van der Waals surface area contributed by atoms with Gasteiger partial charge in [-0.15, -0.1) is 0 Å². The number of Topliss-reactive ketones (excluding diaryl/α,β-unsaturated/α-hetero) is 1. The van der Waals surface area contributed by atoms with Gasteiger partial charge in [-0.25, -0.2) is 13.6 Å². The lowest BCUT2D eigenvalue weighted by molar-refractivity contribution is -0.125. The second-order valence-corrected chi connectivity index (χ2v) is 5.11. The fourth-order valence-electron chi connectivity index (χ4n) is 1.18. The summed E-state index contributed by atoms with van der Waals surface area (Å²) in [6.07, 6.45) is 0. The third-order valence-corrected chi connectivity index (χ3v) is 2.43. The van der Waals surface area contributed by atoms with Gasteiger partial charge < -0.3 is 10.6 Å². The summed E-state index contributed by atoms with van der Waals surface area (Å²) in [5, 5.41) is 4.52. The van der Waals surface area contributed by atoms with E-state index in [9.17, 15) is 18.4 Å². The molecule has 0 aliphatic heterocycles. The molecule has 0 bridgehead atoms. The van der Waals surface area contributed by atoms with Crippen molar-refractivity contribution in [2.24, 2.45) is 5.41 Å². The van der Waals surface area contributed by atoms with E-state index in [1.807, 2.05) is 0 Å². The van der Waals surface area contributed by atoms with Crippen LogP contribution < -0.4 is 10.6 Å². The number of carbonyl (C=O) groups excluding carboxylic acids is 2. The number of ketones is 1. The van der Waals surface area contributed by atoms with Crippen molar-refractivity contribution in [2.45, 2.75) is 20.8 Å². The number of hydrogen-bond donors (Lipinski definition) is 2. The molecule has 104 valence electrons. The Hall–Kier alpha value is -1.98. The number of carbonyl (C=O) groups is 2. The Labute approximate surface area is 110 Å². The van der Waals surface area contributed by atoms with E-state index in [1.165, 1.54) is 0 Å². The Kier molecular flexibility index (Phi) is 4.58. The Balaban J connectivity index is 2.54. The number of amides is 2. The summed E-state index contributed by atoms with van der Waals surface area (Å²) in [6, 6.07) is 2.08. The zero-order valence-electron chi connectivity index (χ0n) is 11.0. The standard InChI is InChI=1S/C13H16F2N2O2/c1-13(2,3)11(18)7-16-12(19)17-10-5-4-8(14)6-9(10)15/h4-6H,7H2,1-3H3,(H2,16,17,19). The summed E-state index contributed by atoms with van der Waals surface area (Å²) in [5.41, 5.74) is -0.712. The zero-order chi connectivity index (χ0) is 14.6. The van der Waals surface area contributed by atoms with Crippen molar-refractivity contribution < 1.29 is 18.4 Å². The Morgan fingerprint density at radius 1 is 1.21 bits per heavy atom. The second kappa shape index (κ2) is 5.77. The van der Waals surface area contributed by atoms with Gasteiger partial charge in [0, 0.05) is 11.5 Å². The van der Waals surface area contributed by atoms with E-state index in [-0.39, 0.29) is 18.0 Å². The number of nitrogens with one attached hydrogen (secondary N) is 2. The number of hydrogen-bond acceptors (Lipinski definition) is 2. The minimum atomic E-state index is -0.878. The quantitative estimate of drug-likeness (QED) is 0.887. The molecule has 0 heterocycles. The van der Waals surface area contributed by atoms with Crippen molar-refractivity contribution in [1.29, 1.82) is 0 Å². The lowest BCUT2D eigenvalue weighted by Gasteiger charge is -2.17. The predicted octanol–water partition coefficient (Wildman–Crippen LogP) is 2.70. The molecule has 0 unspecified atom stereocenters. The van der Waals surface area contributed by atoms with Crippen molar-refractivity contribution in [3.63, 3.8) is 0 Å². The Morgan fingerprint density at radius 3 is 2.37 bits per heavy atom. The smallest absolute Gasteiger partial charge is 0.319 e. The number of anilines is 1. The lowest BCUT2D eigenvalue weighted by Crippen LogP contribution is -2.37. The first kappa shape index (κ1) is 15.1. The van der Waals surface area contributed by atoms with Crippen LogP contribution in [0.4, 0.5) is 19.3 Å². The summed E-state index contributed by atoms with van der Waals surface area (Å²) in [5.74, 6) is -1.76. The molecule has 1 aromatic rings. The van der Waals surface area contributed by atoms with Crippen LogP contribution >= 0.6 is 0 Å². The van der Waals surface area contributed by atoms with Gasteiger partial charge in [0.25, 0.3) is 0 Å². The SMILES string of the molecule is CC(C)(C)C(=O)CNC(=O)Nc1ccc(F)cc1F. The first-order valence-electron chi connectivity index (χ1n) is 5.73. The van der Waals surface area contributed by atoms with Crippen LogP contribution in [-0.2, 0) is 4.79 Å². The molecule has 19 heavy (non-hydrogen) atoms. The molecule has 0 spiro atoms. The molecule has 0 atom stereocenters. The molecule has 1 aromatic carbocycles. The van der Waals surface area contributed by atoms with Gasteiger partial charge in [0.05, 0.1) is 12.2 Å². The second-order valence-electron chi connectivity index (χ2n) is 5.11. The van der Waals surface area contributed by atoms with Crippen molar-refractivity contribution >= 4 is 17.5 Å². The largest absolute Gasteiger partial charge is 0.331 e. The third kappa shape index (κ3) is 4.65. The van der Waals surface area contributed by atoms with E-state index < -0.39 is 23.1 Å². The highest BCUT2D eigenvalue weighted by atomic mass is 19.1. The molecule has 0 aliphatic carbocycles. The van der Waals surface area contributed by atoms with Gasteiger partial charge in [-0.1, -0.05) is 20.8 Å². The lowest BCUT2D eigenvalue weighted by atomic mass is 9.91. The van der Waals surface area contributed by atoms with Gasteiger partial charge in [0.15, 0.2) is 5.78 Å². The molecule has 0 radical (unpaired) electrons. The molecular formula is C13H16F2N2O2. The summed E-state index contributed by atoms with van der Waals surface area (Å²) in [6.45, 7) is 5.04. The number of rotatable bonds is 3. The van der Waals surface area contributed by atoms with Crippen LogP contribution in [-0.4, -0.2) is 18.4 Å². The first-order valence-corrected chi connectivity index (χ1v) is 5.73. The Bertz CT molecular complexity index is 496. The number of halogens is 2. The van der Waals surface area contributed by atoms with E-state index >= 15 is 0 Å². The normalized spacial score (nSPS) is 11.0. The summed E-state index contributed by atoms with van der Waals surface area (Å²) in [4.78, 5) is 23.0. The predicted molar refractivity (Wildman–Crippen MR) is 67.8 cm³/mol. The van der Waals surface area contributed by atoms with Gasteiger partial charge in [0.2, 0.25) is 0 Å². The van der Waals surface area contributed by atoms with Crippen molar-refractivity contribution in [3.05, 3.63) is 29.8 Å². The van der Waals surface area contributed by atoms with E-state index in [1.54, 1.807) is 20.8 Å². The zero-order valence-corrected chi connectivity index (χ0v) is 11.0. The number of urea groups is 1. The van der Waals surface area contributed by atoms with Crippen LogP contribution in [0.2, 0.25) is 0 Å². The maximum atomic E-state index is 13.2. The average molecular weight is 270 g/mol. The average Bonchev–Trinajstić information content (AvgIpc) is 2.28. The van der Waals surface area contributed by atoms with E-state index in [2.05, 4.69) is 10.6 Å². The molecule has 1 rings (SSSR count). The first-order chi connectivity index (χ1) is 8.70. The third-order valence-electron chi connectivity index (χ3n) is 2.43. The van der Waals surface area contributed by atoms with Gasteiger partial charge in [-0.3, -0.25) is 4.79 Å². The molecule has 0 saturated carbocycles. The Morgan fingerprint density at radius 2 is 1.84 bits per heavy atom. The molecule has 0 aromatic heterocycles. The maximum absolute atomic E-state index is 13.2. The minimum Gasteiger partial charge on any atom is -0.331 e. The maximum Gasteiger partial charge on any atom is 0.319 e. The van der Waals surface area contributed by atoms with Crippen molar-refractivity contribution in [3.8, 4) is 0 Å². The summed E-state index contributed by atoms with van der Waals surface area (Å²) >= 11 is 0. The van der Waals surface area contributed by atoms with Gasteiger partial charge in [0.1, 0.15) is 11.6 Å². The fourth-order valence-corrected chi connectivity index (χ4v) is 1.18. The molecule has 0 fully saturated rings. The van der Waals surface area contributed by atoms with E-state index in [0.29, 0.717) is 6.07 Å². The van der Waals surface area contributed by atoms with Crippen molar-refractivity contribution in [1.82, 2.24) is 5.32 Å². The summed E-state index contributed by atoms with van der Waals surface area (Å²) in [7, 11) is 0. The van der Waals surface area contributed by atoms with Crippen LogP contribution in [0.5, 0.6) is 0 Å². The van der Waals surface area contributed by atoms with E-state index in [4.69, 9.17) is 0 Å². The van der Waals surface area contributed by atoms with Gasteiger partial charge in [-0.2, -0.15) is 0 Å². The highest BCUT2D eigenvalue weighted by Crippen LogP contribution is 2.15. The molecule has 2 amide bonds. The monoisotopic (exact) mass is 270 g/mol. The highest BCUT2D eigenvalue weighted by molar-refractivity contribution is 5.94. The summed E-state index contributed by atoms with van der Waals surface area (Å²) < 4.78 is 25.9. The van der Waals surface area contributed by atoms with Crippen LogP contribution in [0.15, 0.2) is 18.2 Å². The minimum absolute atomic E-state index is 0.151. The molecule has 2 N–H and O–H groups in total. The van der Waals surface area contributed by atoms with Crippen LogP contribution in [0.1, 0.15) is 20.8 Å². The molecule has 0 aliphatic rings.